The number of morpholine rings is 1. The Balaban J connectivity index is 1.76. The van der Waals surface area contributed by atoms with E-state index in [0.717, 1.165) is 5.69 Å². The number of benzene rings is 1. The smallest absolute Gasteiger partial charge is 0.254 e. The summed E-state index contributed by atoms with van der Waals surface area (Å²) >= 11 is 0. The lowest BCUT2D eigenvalue weighted by Gasteiger charge is -2.35. The van der Waals surface area contributed by atoms with E-state index in [9.17, 15) is 4.79 Å². The van der Waals surface area contributed by atoms with Gasteiger partial charge in [0.1, 0.15) is 12.7 Å². The van der Waals surface area contributed by atoms with E-state index in [2.05, 4.69) is 10.1 Å². The maximum absolute atomic E-state index is 12.5. The van der Waals surface area contributed by atoms with Crippen molar-refractivity contribution in [2.45, 2.75) is 26.1 Å². The van der Waals surface area contributed by atoms with E-state index in [4.69, 9.17) is 4.74 Å². The Morgan fingerprint density at radius 1 is 1.19 bits per heavy atom. The predicted octanol–water partition coefficient (Wildman–Crippen LogP) is 1.52. The number of nitrogens with zero attached hydrogens (tertiary/aromatic N) is 4. The number of hydrogen-bond donors (Lipinski definition) is 0. The van der Waals surface area contributed by atoms with Crippen LogP contribution in [0.3, 0.4) is 0 Å². The van der Waals surface area contributed by atoms with E-state index >= 15 is 0 Å². The zero-order valence-electron chi connectivity index (χ0n) is 12.1. The van der Waals surface area contributed by atoms with E-state index in [1.54, 1.807) is 11.0 Å². The summed E-state index contributed by atoms with van der Waals surface area (Å²) < 4.78 is 7.32. The van der Waals surface area contributed by atoms with Gasteiger partial charge in [-0.15, -0.1) is 0 Å². The Kier molecular flexibility index (Phi) is 3.70. The number of amides is 1. The highest BCUT2D eigenvalue weighted by Crippen LogP contribution is 2.15. The molecular weight excluding hydrogens is 268 g/mol. The van der Waals surface area contributed by atoms with Gasteiger partial charge in [0.2, 0.25) is 0 Å². The molecule has 0 unspecified atom stereocenters. The molecule has 110 valence electrons. The molecule has 2 heterocycles. The summed E-state index contributed by atoms with van der Waals surface area (Å²) in [6, 6.07) is 7.39. The molecule has 1 amide bonds. The van der Waals surface area contributed by atoms with Gasteiger partial charge >= 0.3 is 0 Å². The zero-order chi connectivity index (χ0) is 14.8. The first-order valence-electron chi connectivity index (χ1n) is 7.03. The number of aromatic nitrogens is 3. The highest BCUT2D eigenvalue weighted by molar-refractivity contribution is 5.94. The van der Waals surface area contributed by atoms with E-state index in [1.165, 1.54) is 6.33 Å². The van der Waals surface area contributed by atoms with Crippen LogP contribution in [0.25, 0.3) is 5.69 Å². The van der Waals surface area contributed by atoms with Crippen LogP contribution < -0.4 is 0 Å². The van der Waals surface area contributed by atoms with Gasteiger partial charge in [-0.25, -0.2) is 9.67 Å². The van der Waals surface area contributed by atoms with Crippen molar-refractivity contribution in [2.75, 3.05) is 13.1 Å². The number of carbonyl (C=O) groups is 1. The van der Waals surface area contributed by atoms with Crippen molar-refractivity contribution in [1.82, 2.24) is 19.7 Å². The number of carbonyl (C=O) groups excluding carboxylic acids is 1. The zero-order valence-corrected chi connectivity index (χ0v) is 12.1. The number of ether oxygens (including phenoxy) is 1. The molecule has 1 aliphatic heterocycles. The normalized spacial score (nSPS) is 22.3. The first-order chi connectivity index (χ1) is 10.1. The van der Waals surface area contributed by atoms with Crippen LogP contribution >= 0.6 is 0 Å². The Bertz CT molecular complexity index is 599. The summed E-state index contributed by atoms with van der Waals surface area (Å²) in [7, 11) is 0. The second kappa shape index (κ2) is 5.65. The molecule has 1 aliphatic rings. The third-order valence-corrected chi connectivity index (χ3v) is 3.50. The fourth-order valence-electron chi connectivity index (χ4n) is 2.62. The van der Waals surface area contributed by atoms with Crippen LogP contribution in [-0.4, -0.2) is 50.9 Å². The van der Waals surface area contributed by atoms with E-state index in [-0.39, 0.29) is 18.1 Å². The average Bonchev–Trinajstić information content (AvgIpc) is 3.00. The molecular formula is C15H18N4O2. The summed E-state index contributed by atoms with van der Waals surface area (Å²) in [4.78, 5) is 18.3. The Hall–Kier alpha value is -2.21. The minimum atomic E-state index is 0.0436. The van der Waals surface area contributed by atoms with Gasteiger partial charge in [-0.3, -0.25) is 4.79 Å². The van der Waals surface area contributed by atoms with Crippen LogP contribution in [0.15, 0.2) is 36.9 Å². The second-order valence-corrected chi connectivity index (χ2v) is 5.35. The SMILES string of the molecule is C[C@@H]1CN(C(=O)c2ccc(-n3cncn3)cc2)C[C@H](C)O1. The second-order valence-electron chi connectivity index (χ2n) is 5.35. The summed E-state index contributed by atoms with van der Waals surface area (Å²) in [5.74, 6) is 0.0436. The van der Waals surface area contributed by atoms with Crippen LogP contribution in [0.2, 0.25) is 0 Å². The van der Waals surface area contributed by atoms with Gasteiger partial charge in [-0.05, 0) is 38.1 Å². The monoisotopic (exact) mass is 286 g/mol. The molecule has 0 saturated carbocycles. The fourth-order valence-corrected chi connectivity index (χ4v) is 2.62. The van der Waals surface area contributed by atoms with Crippen molar-refractivity contribution in [3.8, 4) is 5.69 Å². The first-order valence-corrected chi connectivity index (χ1v) is 7.03. The molecule has 2 atom stereocenters. The Morgan fingerprint density at radius 3 is 2.43 bits per heavy atom. The van der Waals surface area contributed by atoms with Crippen LogP contribution in [0.4, 0.5) is 0 Å². The maximum atomic E-state index is 12.5. The molecule has 0 N–H and O–H groups in total. The summed E-state index contributed by atoms with van der Waals surface area (Å²) in [5, 5.41) is 4.06. The molecule has 6 nitrogen and oxygen atoms in total. The number of rotatable bonds is 2. The molecule has 0 radical (unpaired) electrons. The lowest BCUT2D eigenvalue weighted by Crippen LogP contribution is -2.48. The van der Waals surface area contributed by atoms with Gasteiger partial charge in [0.25, 0.3) is 5.91 Å². The largest absolute Gasteiger partial charge is 0.372 e. The summed E-state index contributed by atoms with van der Waals surface area (Å²) in [6.07, 6.45) is 3.26. The van der Waals surface area contributed by atoms with Gasteiger partial charge in [0.05, 0.1) is 17.9 Å². The first kappa shape index (κ1) is 13.8. The highest BCUT2D eigenvalue weighted by atomic mass is 16.5. The van der Waals surface area contributed by atoms with Crippen molar-refractivity contribution < 1.29 is 9.53 Å². The topological polar surface area (TPSA) is 60.2 Å². The third-order valence-electron chi connectivity index (χ3n) is 3.50. The van der Waals surface area contributed by atoms with Crippen molar-refractivity contribution in [3.05, 3.63) is 42.5 Å². The quantitative estimate of drug-likeness (QED) is 0.839. The van der Waals surface area contributed by atoms with Crippen LogP contribution in [0, 0.1) is 0 Å². The van der Waals surface area contributed by atoms with E-state index in [0.29, 0.717) is 18.7 Å². The summed E-state index contributed by atoms with van der Waals surface area (Å²) in [5.41, 5.74) is 1.56. The van der Waals surface area contributed by atoms with Crippen LogP contribution in [0.1, 0.15) is 24.2 Å². The van der Waals surface area contributed by atoms with Crippen LogP contribution in [0.5, 0.6) is 0 Å². The molecule has 1 saturated heterocycles. The molecule has 0 aliphatic carbocycles. The maximum Gasteiger partial charge on any atom is 0.254 e. The standard InChI is InChI=1S/C15H18N4O2/c1-11-7-18(8-12(2)21-11)15(20)13-3-5-14(6-4-13)19-10-16-9-17-19/h3-6,9-12H,7-8H2,1-2H3/t11-,12+. The van der Waals surface area contributed by atoms with Gasteiger partial charge in [-0.1, -0.05) is 0 Å². The summed E-state index contributed by atoms with van der Waals surface area (Å²) in [6.45, 7) is 5.25. The Morgan fingerprint density at radius 2 is 1.86 bits per heavy atom. The van der Waals surface area contributed by atoms with Crippen molar-refractivity contribution >= 4 is 5.91 Å². The molecule has 0 spiro atoms. The van der Waals surface area contributed by atoms with Gasteiger partial charge in [-0.2, -0.15) is 5.10 Å². The molecule has 1 aromatic carbocycles. The van der Waals surface area contributed by atoms with E-state index < -0.39 is 0 Å². The molecule has 1 aromatic heterocycles. The van der Waals surface area contributed by atoms with Crippen LogP contribution in [-0.2, 0) is 4.74 Å². The van der Waals surface area contributed by atoms with Gasteiger partial charge in [0.15, 0.2) is 0 Å². The highest BCUT2D eigenvalue weighted by Gasteiger charge is 2.26. The van der Waals surface area contributed by atoms with Gasteiger partial charge < -0.3 is 9.64 Å². The lowest BCUT2D eigenvalue weighted by atomic mass is 10.1. The molecule has 6 heteroatoms. The minimum Gasteiger partial charge on any atom is -0.372 e. The third kappa shape index (κ3) is 2.95. The van der Waals surface area contributed by atoms with Crippen molar-refractivity contribution in [3.63, 3.8) is 0 Å². The molecule has 0 bridgehead atoms. The Labute approximate surface area is 123 Å². The van der Waals surface area contributed by atoms with E-state index in [1.807, 2.05) is 43.0 Å². The predicted molar refractivity (Wildman–Crippen MR) is 77.3 cm³/mol. The average molecular weight is 286 g/mol. The minimum absolute atomic E-state index is 0.0436. The number of hydrogen-bond acceptors (Lipinski definition) is 4. The molecule has 21 heavy (non-hydrogen) atoms. The lowest BCUT2D eigenvalue weighted by molar-refractivity contribution is -0.0586. The fraction of sp³-hybridized carbons (Fsp3) is 0.400. The molecule has 1 fully saturated rings. The van der Waals surface area contributed by atoms with Crippen molar-refractivity contribution in [1.29, 1.82) is 0 Å². The van der Waals surface area contributed by atoms with Gasteiger partial charge in [0, 0.05) is 18.7 Å². The van der Waals surface area contributed by atoms with Crippen molar-refractivity contribution in [2.24, 2.45) is 0 Å². The molecule has 2 aromatic rings. The molecule has 3 rings (SSSR count).